The molecular weight excluding hydrogens is 254 g/mol. The predicted molar refractivity (Wildman–Crippen MR) is 67.8 cm³/mol. The number of aromatic nitrogens is 2. The molecule has 0 aromatic carbocycles. The molecule has 2 rings (SSSR count). The maximum absolute atomic E-state index is 9.84. The highest BCUT2D eigenvalue weighted by Crippen LogP contribution is 2.24. The molecular formula is C11H19N3O3S. The van der Waals surface area contributed by atoms with E-state index >= 15 is 0 Å². The first-order valence-electron chi connectivity index (χ1n) is 6.05. The molecule has 3 unspecified atom stereocenters. The van der Waals surface area contributed by atoms with Crippen LogP contribution < -0.4 is 10.1 Å². The van der Waals surface area contributed by atoms with Gasteiger partial charge in [0.15, 0.2) is 0 Å². The summed E-state index contributed by atoms with van der Waals surface area (Å²) in [5.41, 5.74) is -0.0663. The fourth-order valence-electron chi connectivity index (χ4n) is 1.88. The Balaban J connectivity index is 1.70. The van der Waals surface area contributed by atoms with Crippen molar-refractivity contribution in [3.63, 3.8) is 0 Å². The van der Waals surface area contributed by atoms with E-state index in [1.165, 1.54) is 0 Å². The molecule has 1 aromatic heterocycles. The van der Waals surface area contributed by atoms with E-state index in [1.54, 1.807) is 6.20 Å². The number of ether oxygens (including phenoxy) is 2. The van der Waals surface area contributed by atoms with E-state index < -0.39 is 6.10 Å². The summed E-state index contributed by atoms with van der Waals surface area (Å²) in [7, 11) is 0. The molecule has 0 bridgehead atoms. The van der Waals surface area contributed by atoms with E-state index in [1.807, 2.05) is 6.92 Å². The Bertz CT molecular complexity index is 362. The smallest absolute Gasteiger partial charge is 0.245 e. The minimum absolute atomic E-state index is 0.0663. The summed E-state index contributed by atoms with van der Waals surface area (Å²) in [4.78, 5) is 0. The highest BCUT2D eigenvalue weighted by atomic mass is 32.1. The first-order chi connectivity index (χ1) is 8.60. The summed E-state index contributed by atoms with van der Waals surface area (Å²) in [6.07, 6.45) is 2.08. The van der Waals surface area contributed by atoms with Gasteiger partial charge in [-0.2, -0.15) is 4.37 Å². The molecule has 3 atom stereocenters. The quantitative estimate of drug-likeness (QED) is 0.783. The summed E-state index contributed by atoms with van der Waals surface area (Å²) in [6.45, 7) is 5.61. The monoisotopic (exact) mass is 273 g/mol. The fraction of sp³-hybridized carbons (Fsp3) is 0.818. The largest absolute Gasteiger partial charge is 0.473 e. The zero-order valence-corrected chi connectivity index (χ0v) is 11.4. The van der Waals surface area contributed by atoms with Gasteiger partial charge in [-0.3, -0.25) is 0 Å². The van der Waals surface area contributed by atoms with Gasteiger partial charge in [-0.15, -0.1) is 4.37 Å². The summed E-state index contributed by atoms with van der Waals surface area (Å²) >= 11 is 1.09. The second-order valence-corrected chi connectivity index (χ2v) is 5.33. The Morgan fingerprint density at radius 2 is 2.61 bits per heavy atom. The molecule has 102 valence electrons. The third-order valence-corrected chi connectivity index (χ3v) is 3.85. The molecule has 0 aliphatic carbocycles. The second kappa shape index (κ2) is 5.92. The molecule has 1 aromatic rings. The van der Waals surface area contributed by atoms with E-state index in [-0.39, 0.29) is 18.2 Å². The minimum atomic E-state index is -0.573. The lowest BCUT2D eigenvalue weighted by atomic mass is 9.94. The highest BCUT2D eigenvalue weighted by Gasteiger charge is 2.36. The van der Waals surface area contributed by atoms with Crippen LogP contribution in [0, 0.1) is 0 Å². The average Bonchev–Trinajstić information content (AvgIpc) is 2.96. The van der Waals surface area contributed by atoms with Crippen LogP contribution >= 0.6 is 11.7 Å². The molecule has 1 aliphatic heterocycles. The SMILES string of the molecule is CC1OCCC1(C)NCC(O)COc1cnsn1. The van der Waals surface area contributed by atoms with Crippen molar-refractivity contribution in [3.05, 3.63) is 6.20 Å². The Morgan fingerprint density at radius 3 is 3.22 bits per heavy atom. The van der Waals surface area contributed by atoms with Crippen LogP contribution in [0.25, 0.3) is 0 Å². The predicted octanol–water partition coefficient (Wildman–Crippen LogP) is 0.435. The number of β-amino-alcohol motifs (C(OH)–C–C–N with tert-alkyl or cyclic N) is 1. The zero-order valence-electron chi connectivity index (χ0n) is 10.6. The molecule has 0 spiro atoms. The van der Waals surface area contributed by atoms with Crippen LogP contribution in [0.5, 0.6) is 5.88 Å². The van der Waals surface area contributed by atoms with Crippen molar-refractivity contribution in [3.8, 4) is 5.88 Å². The van der Waals surface area contributed by atoms with Crippen molar-refractivity contribution in [2.45, 2.75) is 38.0 Å². The van der Waals surface area contributed by atoms with Gasteiger partial charge in [-0.1, -0.05) is 0 Å². The van der Waals surface area contributed by atoms with Crippen molar-refractivity contribution in [1.29, 1.82) is 0 Å². The Morgan fingerprint density at radius 1 is 1.78 bits per heavy atom. The normalized spacial score (nSPS) is 29.4. The van der Waals surface area contributed by atoms with Crippen LogP contribution in [0.15, 0.2) is 6.20 Å². The maximum Gasteiger partial charge on any atom is 0.245 e. The molecule has 18 heavy (non-hydrogen) atoms. The lowest BCUT2D eigenvalue weighted by Gasteiger charge is -2.30. The molecule has 1 aliphatic rings. The molecule has 1 fully saturated rings. The first-order valence-corrected chi connectivity index (χ1v) is 6.78. The van der Waals surface area contributed by atoms with Gasteiger partial charge in [-0.25, -0.2) is 0 Å². The molecule has 0 amide bonds. The third kappa shape index (κ3) is 3.38. The Kier molecular flexibility index (Phi) is 4.50. The van der Waals surface area contributed by atoms with Crippen LogP contribution in [-0.4, -0.2) is 51.4 Å². The summed E-state index contributed by atoms with van der Waals surface area (Å²) in [6, 6.07) is 0. The molecule has 0 radical (unpaired) electrons. The van der Waals surface area contributed by atoms with Crippen LogP contribution in [0.2, 0.25) is 0 Å². The van der Waals surface area contributed by atoms with Gasteiger partial charge in [0, 0.05) is 18.7 Å². The average molecular weight is 273 g/mol. The van der Waals surface area contributed by atoms with E-state index in [0.29, 0.717) is 12.4 Å². The lowest BCUT2D eigenvalue weighted by Crippen LogP contribution is -2.51. The minimum Gasteiger partial charge on any atom is -0.473 e. The van der Waals surface area contributed by atoms with Gasteiger partial charge in [0.05, 0.1) is 17.8 Å². The van der Waals surface area contributed by atoms with Crippen molar-refractivity contribution < 1.29 is 14.6 Å². The molecule has 2 heterocycles. The van der Waals surface area contributed by atoms with E-state index in [2.05, 4.69) is 21.0 Å². The third-order valence-electron chi connectivity index (χ3n) is 3.39. The maximum atomic E-state index is 9.84. The van der Waals surface area contributed by atoms with Gasteiger partial charge in [0.25, 0.3) is 0 Å². The van der Waals surface area contributed by atoms with Gasteiger partial charge < -0.3 is 19.9 Å². The van der Waals surface area contributed by atoms with Crippen LogP contribution in [0.3, 0.4) is 0 Å². The number of rotatable bonds is 6. The van der Waals surface area contributed by atoms with E-state index in [4.69, 9.17) is 9.47 Å². The molecule has 1 saturated heterocycles. The number of aliphatic hydroxyl groups is 1. The van der Waals surface area contributed by atoms with Gasteiger partial charge >= 0.3 is 0 Å². The number of hydrogen-bond acceptors (Lipinski definition) is 7. The Labute approximate surface area is 111 Å². The number of aliphatic hydroxyl groups excluding tert-OH is 1. The van der Waals surface area contributed by atoms with Crippen LogP contribution in [0.4, 0.5) is 0 Å². The van der Waals surface area contributed by atoms with Gasteiger partial charge in [0.2, 0.25) is 5.88 Å². The lowest BCUT2D eigenvalue weighted by molar-refractivity contribution is 0.0680. The first kappa shape index (κ1) is 13.7. The van der Waals surface area contributed by atoms with Gasteiger partial charge in [0.1, 0.15) is 18.9 Å². The fourth-order valence-corrected chi connectivity index (χ4v) is 2.24. The summed E-state index contributed by atoms with van der Waals surface area (Å²) in [5, 5.41) is 13.2. The van der Waals surface area contributed by atoms with Gasteiger partial charge in [-0.05, 0) is 20.3 Å². The molecule has 7 heteroatoms. The van der Waals surface area contributed by atoms with Crippen LogP contribution in [0.1, 0.15) is 20.3 Å². The van der Waals surface area contributed by atoms with Crippen molar-refractivity contribution in [2.75, 3.05) is 19.8 Å². The standard InChI is InChI=1S/C11H19N3O3S/c1-8-11(2,3-4-16-8)12-5-9(15)7-17-10-6-13-18-14-10/h6,8-9,12,15H,3-5,7H2,1-2H3. The molecule has 6 nitrogen and oxygen atoms in total. The van der Waals surface area contributed by atoms with Crippen molar-refractivity contribution >= 4 is 11.7 Å². The Hall–Kier alpha value is -0.760. The number of nitrogens with zero attached hydrogens (tertiary/aromatic N) is 2. The van der Waals surface area contributed by atoms with E-state index in [0.717, 1.165) is 24.8 Å². The molecule has 0 saturated carbocycles. The van der Waals surface area contributed by atoms with Crippen molar-refractivity contribution in [1.82, 2.24) is 14.1 Å². The van der Waals surface area contributed by atoms with Crippen LogP contribution in [-0.2, 0) is 4.74 Å². The number of hydrogen-bond donors (Lipinski definition) is 2. The summed E-state index contributed by atoms with van der Waals surface area (Å²) in [5.74, 6) is 0.461. The molecule has 2 N–H and O–H groups in total. The van der Waals surface area contributed by atoms with Crippen molar-refractivity contribution in [2.24, 2.45) is 0 Å². The topological polar surface area (TPSA) is 76.5 Å². The highest BCUT2D eigenvalue weighted by molar-refractivity contribution is 6.99. The zero-order chi connectivity index (χ0) is 13.0. The van der Waals surface area contributed by atoms with E-state index in [9.17, 15) is 5.11 Å². The number of nitrogens with one attached hydrogen (secondary N) is 1. The summed E-state index contributed by atoms with van der Waals surface area (Å²) < 4.78 is 18.6. The second-order valence-electron chi connectivity index (χ2n) is 4.77.